The van der Waals surface area contributed by atoms with Crippen molar-refractivity contribution in [3.63, 3.8) is 0 Å². The molecule has 0 aromatic rings. The van der Waals surface area contributed by atoms with E-state index in [9.17, 15) is 13.2 Å². The number of carbonyl (C=O) groups excluding carboxylic acids is 1. The van der Waals surface area contributed by atoms with Crippen LogP contribution in [0, 0.1) is 0 Å². The number of sulfone groups is 1. The van der Waals surface area contributed by atoms with Crippen molar-refractivity contribution in [2.45, 2.75) is 37.5 Å². The monoisotopic (exact) mass is 278 g/mol. The van der Waals surface area contributed by atoms with Crippen LogP contribution in [-0.4, -0.2) is 48.3 Å². The summed E-state index contributed by atoms with van der Waals surface area (Å²) in [6, 6.07) is 0.168. The molecule has 0 spiro atoms. The number of amides is 1. The Morgan fingerprint density at radius 2 is 2.06 bits per heavy atom. The van der Waals surface area contributed by atoms with Crippen LogP contribution in [-0.2, 0) is 14.6 Å². The summed E-state index contributed by atoms with van der Waals surface area (Å²) in [5, 5.41) is -0.991. The first-order chi connectivity index (χ1) is 7.73. The van der Waals surface area contributed by atoms with Gasteiger partial charge in [0, 0.05) is 25.3 Å². The molecule has 0 bridgehead atoms. The Bertz CT molecular complexity index is 415. The van der Waals surface area contributed by atoms with Crippen LogP contribution in [0.25, 0.3) is 0 Å². The Hall–Kier alpha value is -0.690. The lowest BCUT2D eigenvalue weighted by Gasteiger charge is -2.24. The van der Waals surface area contributed by atoms with Crippen molar-refractivity contribution < 1.29 is 13.2 Å². The van der Waals surface area contributed by atoms with Crippen molar-refractivity contribution in [1.29, 1.82) is 0 Å². The van der Waals surface area contributed by atoms with E-state index < -0.39 is 15.1 Å². The molecule has 1 saturated carbocycles. The Kier molecular flexibility index (Phi) is 4.48. The molecule has 2 N–H and O–H groups in total. The average Bonchev–Trinajstić information content (AvgIpc) is 2.98. The molecule has 0 radical (unpaired) electrons. The van der Waals surface area contributed by atoms with Gasteiger partial charge in [-0.2, -0.15) is 0 Å². The smallest absolute Gasteiger partial charge is 0.240 e. The highest BCUT2D eigenvalue weighted by Gasteiger charge is 2.37. The molecule has 0 aromatic carbocycles. The molecule has 1 amide bonds. The first kappa shape index (κ1) is 14.4. The molecule has 0 saturated heterocycles. The second-order valence-electron chi connectivity index (χ2n) is 4.45. The van der Waals surface area contributed by atoms with Crippen LogP contribution in [0.15, 0.2) is 0 Å². The van der Waals surface area contributed by atoms with E-state index in [1.807, 2.05) is 0 Å². The number of hydrogen-bond donors (Lipinski definition) is 1. The quantitative estimate of drug-likeness (QED) is 0.696. The van der Waals surface area contributed by atoms with E-state index in [4.69, 9.17) is 18.0 Å². The largest absolute Gasteiger partial charge is 0.393 e. The lowest BCUT2D eigenvalue weighted by atomic mass is 10.3. The average molecular weight is 278 g/mol. The summed E-state index contributed by atoms with van der Waals surface area (Å²) >= 11 is 4.77. The highest BCUT2D eigenvalue weighted by atomic mass is 32.2. The molecular weight excluding hydrogens is 260 g/mol. The van der Waals surface area contributed by atoms with Gasteiger partial charge in [0.1, 0.15) is 5.25 Å². The van der Waals surface area contributed by atoms with Gasteiger partial charge < -0.3 is 10.6 Å². The number of thiocarbonyl (C=S) groups is 1. The topological polar surface area (TPSA) is 80.5 Å². The van der Waals surface area contributed by atoms with E-state index in [2.05, 4.69) is 0 Å². The minimum Gasteiger partial charge on any atom is -0.393 e. The molecule has 0 heterocycles. The highest BCUT2D eigenvalue weighted by Crippen LogP contribution is 2.28. The molecule has 1 aliphatic carbocycles. The predicted octanol–water partition coefficient (Wildman–Crippen LogP) is 0.0867. The third-order valence-electron chi connectivity index (χ3n) is 2.86. The van der Waals surface area contributed by atoms with Crippen LogP contribution in [0.2, 0.25) is 0 Å². The number of hydrogen-bond acceptors (Lipinski definition) is 4. The van der Waals surface area contributed by atoms with Crippen molar-refractivity contribution in [1.82, 2.24) is 4.90 Å². The van der Waals surface area contributed by atoms with E-state index in [1.165, 1.54) is 6.92 Å². The lowest BCUT2D eigenvalue weighted by molar-refractivity contribution is -0.130. The van der Waals surface area contributed by atoms with Gasteiger partial charge in [0.05, 0.1) is 4.99 Å². The zero-order valence-electron chi connectivity index (χ0n) is 10.0. The molecule has 1 fully saturated rings. The van der Waals surface area contributed by atoms with E-state index in [0.29, 0.717) is 18.0 Å². The van der Waals surface area contributed by atoms with Crippen LogP contribution in [0.5, 0.6) is 0 Å². The van der Waals surface area contributed by atoms with E-state index in [1.54, 1.807) is 4.90 Å². The maximum Gasteiger partial charge on any atom is 0.240 e. The first-order valence-corrected chi connectivity index (χ1v) is 7.87. The fourth-order valence-electron chi connectivity index (χ4n) is 1.51. The van der Waals surface area contributed by atoms with Gasteiger partial charge in [0.25, 0.3) is 0 Å². The van der Waals surface area contributed by atoms with Crippen LogP contribution < -0.4 is 5.73 Å². The normalized spacial score (nSPS) is 17.5. The Labute approximate surface area is 107 Å². The Balaban J connectivity index is 2.70. The van der Waals surface area contributed by atoms with Gasteiger partial charge in [-0.1, -0.05) is 12.2 Å². The first-order valence-electron chi connectivity index (χ1n) is 5.51. The summed E-state index contributed by atoms with van der Waals surface area (Å²) in [5.74, 6) is -0.341. The van der Waals surface area contributed by atoms with E-state index >= 15 is 0 Å². The van der Waals surface area contributed by atoms with Gasteiger partial charge in [0.2, 0.25) is 5.91 Å². The molecule has 98 valence electrons. The third-order valence-corrected chi connectivity index (χ3v) is 4.55. The number of nitrogens with zero attached hydrogens (tertiary/aromatic N) is 1. The minimum absolute atomic E-state index is 0.168. The molecule has 17 heavy (non-hydrogen) atoms. The second-order valence-corrected chi connectivity index (χ2v) is 7.34. The van der Waals surface area contributed by atoms with E-state index in [-0.39, 0.29) is 11.9 Å². The van der Waals surface area contributed by atoms with Gasteiger partial charge in [0.15, 0.2) is 9.84 Å². The standard InChI is InChI=1S/C10H18N2O3S2/c1-7(17(2,14)15)10(13)12(8-3-4-8)6-5-9(11)16/h7-8H,3-6H2,1-2H3,(H2,11,16). The van der Waals surface area contributed by atoms with Gasteiger partial charge in [-0.25, -0.2) is 8.42 Å². The van der Waals surface area contributed by atoms with Crippen molar-refractivity contribution in [2.75, 3.05) is 12.8 Å². The van der Waals surface area contributed by atoms with Crippen molar-refractivity contribution in [3.05, 3.63) is 0 Å². The Morgan fingerprint density at radius 1 is 1.53 bits per heavy atom. The number of nitrogens with two attached hydrogens (primary N) is 1. The summed E-state index contributed by atoms with van der Waals surface area (Å²) in [5.41, 5.74) is 5.40. The van der Waals surface area contributed by atoms with Crippen molar-refractivity contribution >= 4 is 33.0 Å². The third kappa shape index (κ3) is 4.23. The molecule has 1 unspecified atom stereocenters. The number of rotatable bonds is 6. The van der Waals surface area contributed by atoms with Gasteiger partial charge >= 0.3 is 0 Å². The maximum atomic E-state index is 12.0. The fourth-order valence-corrected chi connectivity index (χ4v) is 2.10. The summed E-state index contributed by atoms with van der Waals surface area (Å²) in [6.07, 6.45) is 3.38. The molecule has 0 aliphatic heterocycles. The fraction of sp³-hybridized carbons (Fsp3) is 0.800. The number of carbonyl (C=O) groups is 1. The van der Waals surface area contributed by atoms with Gasteiger partial charge in [-0.05, 0) is 19.8 Å². The molecule has 1 rings (SSSR count). The summed E-state index contributed by atoms with van der Waals surface area (Å²) < 4.78 is 22.7. The molecule has 1 aliphatic rings. The molecule has 7 heteroatoms. The summed E-state index contributed by atoms with van der Waals surface area (Å²) in [7, 11) is -3.35. The van der Waals surface area contributed by atoms with Crippen LogP contribution in [0.1, 0.15) is 26.2 Å². The molecule has 0 aromatic heterocycles. The van der Waals surface area contributed by atoms with Gasteiger partial charge in [-0.15, -0.1) is 0 Å². The predicted molar refractivity (Wildman–Crippen MR) is 70.4 cm³/mol. The molecule has 5 nitrogen and oxygen atoms in total. The van der Waals surface area contributed by atoms with Gasteiger partial charge in [-0.3, -0.25) is 4.79 Å². The van der Waals surface area contributed by atoms with E-state index in [0.717, 1.165) is 19.1 Å². The zero-order chi connectivity index (χ0) is 13.2. The van der Waals surface area contributed by atoms with Crippen LogP contribution >= 0.6 is 12.2 Å². The Morgan fingerprint density at radius 3 is 2.41 bits per heavy atom. The van der Waals surface area contributed by atoms with Crippen molar-refractivity contribution in [2.24, 2.45) is 5.73 Å². The van der Waals surface area contributed by atoms with Crippen LogP contribution in [0.4, 0.5) is 0 Å². The maximum absolute atomic E-state index is 12.0. The highest BCUT2D eigenvalue weighted by molar-refractivity contribution is 7.92. The lowest BCUT2D eigenvalue weighted by Crippen LogP contribution is -2.43. The summed E-state index contributed by atoms with van der Waals surface area (Å²) in [6.45, 7) is 1.84. The second kappa shape index (κ2) is 5.30. The van der Waals surface area contributed by atoms with Crippen LogP contribution in [0.3, 0.4) is 0 Å². The molecule has 1 atom stereocenters. The SMILES string of the molecule is CC(C(=O)N(CCC(N)=S)C1CC1)S(C)(=O)=O. The zero-order valence-corrected chi connectivity index (χ0v) is 11.7. The van der Waals surface area contributed by atoms with Crippen molar-refractivity contribution in [3.8, 4) is 0 Å². The summed E-state index contributed by atoms with van der Waals surface area (Å²) in [4.78, 5) is 14.0. The minimum atomic E-state index is -3.35. The molecular formula is C10H18N2O3S2.